The van der Waals surface area contributed by atoms with Crippen LogP contribution in [0.15, 0.2) is 78.9 Å². The molecule has 48 heavy (non-hydrogen) atoms. The number of carbonyl (C=O) groups excluding carboxylic acids is 2. The van der Waals surface area contributed by atoms with E-state index < -0.39 is 46.8 Å². The minimum absolute atomic E-state index is 0.0500. The molecule has 5 rings (SSSR count). The minimum atomic E-state index is -5.04. The van der Waals surface area contributed by atoms with Gasteiger partial charge < -0.3 is 14.4 Å². The molecule has 2 amide bonds. The lowest BCUT2D eigenvalue weighted by Crippen LogP contribution is -2.66. The fourth-order valence-electron chi connectivity index (χ4n) is 6.40. The standard InChI is InChI=1S/C35H33F6N3O4/c1-24(26-17-28(34(36,37)38)19-29(18-26)35(39,40)41)48-23-33(27-11-6-3-7-12-27)15-14-32(21-42,43-16-8-13-30(43)45)22-44(33)31(46)47-20-25-9-4-2-5-10-25/h2-7,9-12,17-19,24H,8,13-16,20,22-23H2,1H3/t24-,32-,33+/m1/s1. The van der Waals surface area contributed by atoms with Gasteiger partial charge in [0.25, 0.3) is 0 Å². The molecule has 2 aliphatic rings. The number of rotatable bonds is 8. The van der Waals surface area contributed by atoms with Gasteiger partial charge in [-0.2, -0.15) is 31.6 Å². The summed E-state index contributed by atoms with van der Waals surface area (Å²) in [5, 5.41) is 10.5. The Morgan fingerprint density at radius 3 is 2.08 bits per heavy atom. The molecule has 0 spiro atoms. The van der Waals surface area contributed by atoms with Crippen LogP contribution in [-0.2, 0) is 38.8 Å². The van der Waals surface area contributed by atoms with Crippen LogP contribution in [0.3, 0.4) is 0 Å². The van der Waals surface area contributed by atoms with Crippen molar-refractivity contribution in [2.24, 2.45) is 0 Å². The molecular formula is C35H33F6N3O4. The van der Waals surface area contributed by atoms with E-state index in [1.807, 2.05) is 0 Å². The second kappa shape index (κ2) is 13.5. The third kappa shape index (κ3) is 7.13. The smallest absolute Gasteiger partial charge is 0.416 e. The van der Waals surface area contributed by atoms with Gasteiger partial charge in [-0.3, -0.25) is 9.69 Å². The summed E-state index contributed by atoms with van der Waals surface area (Å²) >= 11 is 0. The van der Waals surface area contributed by atoms with E-state index in [4.69, 9.17) is 9.47 Å². The quantitative estimate of drug-likeness (QED) is 0.226. The highest BCUT2D eigenvalue weighted by Gasteiger charge is 2.56. The maximum Gasteiger partial charge on any atom is 0.416 e. The molecule has 0 unspecified atom stereocenters. The van der Waals surface area contributed by atoms with Crippen molar-refractivity contribution >= 4 is 12.0 Å². The highest BCUT2D eigenvalue weighted by Crippen LogP contribution is 2.46. The number of nitrogens with zero attached hydrogens (tertiary/aromatic N) is 3. The van der Waals surface area contributed by atoms with Crippen molar-refractivity contribution in [1.82, 2.24) is 9.80 Å². The van der Waals surface area contributed by atoms with Crippen LogP contribution in [0.25, 0.3) is 0 Å². The van der Waals surface area contributed by atoms with E-state index in [2.05, 4.69) is 6.07 Å². The molecular weight excluding hydrogens is 640 g/mol. The Morgan fingerprint density at radius 1 is 0.938 bits per heavy atom. The Hall–Kier alpha value is -4.57. The van der Waals surface area contributed by atoms with Gasteiger partial charge in [-0.15, -0.1) is 0 Å². The number of nitriles is 1. The zero-order valence-corrected chi connectivity index (χ0v) is 26.0. The van der Waals surface area contributed by atoms with Crippen molar-refractivity contribution < 1.29 is 45.4 Å². The van der Waals surface area contributed by atoms with Crippen LogP contribution < -0.4 is 0 Å². The summed E-state index contributed by atoms with van der Waals surface area (Å²) in [5.41, 5.74) is -4.84. The Kier molecular flexibility index (Phi) is 9.78. The maximum atomic E-state index is 14.1. The molecule has 3 aromatic rings. The van der Waals surface area contributed by atoms with Crippen molar-refractivity contribution in [3.63, 3.8) is 0 Å². The number of piperidine rings is 1. The molecule has 3 aromatic carbocycles. The molecule has 0 saturated carbocycles. The summed E-state index contributed by atoms with van der Waals surface area (Å²) < 4.78 is 93.7. The van der Waals surface area contributed by atoms with Crippen LogP contribution >= 0.6 is 0 Å². The highest BCUT2D eigenvalue weighted by atomic mass is 19.4. The Labute approximate surface area is 273 Å². The monoisotopic (exact) mass is 673 g/mol. The van der Waals surface area contributed by atoms with Crippen LogP contribution in [0.4, 0.5) is 31.1 Å². The van der Waals surface area contributed by atoms with E-state index in [1.54, 1.807) is 60.7 Å². The molecule has 254 valence electrons. The van der Waals surface area contributed by atoms with E-state index in [-0.39, 0.29) is 56.6 Å². The zero-order chi connectivity index (χ0) is 34.7. The molecule has 3 atom stereocenters. The molecule has 2 fully saturated rings. The van der Waals surface area contributed by atoms with Crippen LogP contribution in [-0.4, -0.2) is 47.0 Å². The first-order chi connectivity index (χ1) is 22.7. The largest absolute Gasteiger partial charge is 0.445 e. The van der Waals surface area contributed by atoms with Gasteiger partial charge in [0.2, 0.25) is 5.91 Å². The van der Waals surface area contributed by atoms with Crippen molar-refractivity contribution in [1.29, 1.82) is 5.26 Å². The van der Waals surface area contributed by atoms with Gasteiger partial charge in [0, 0.05) is 13.0 Å². The van der Waals surface area contributed by atoms with E-state index in [9.17, 15) is 41.2 Å². The fraction of sp³-hybridized carbons (Fsp3) is 0.400. The summed E-state index contributed by atoms with van der Waals surface area (Å²) in [6.45, 7) is 0.897. The average molecular weight is 674 g/mol. The maximum absolute atomic E-state index is 14.1. The second-order valence-corrected chi connectivity index (χ2v) is 12.1. The van der Waals surface area contributed by atoms with Crippen LogP contribution in [0, 0.1) is 11.3 Å². The van der Waals surface area contributed by atoms with E-state index in [0.29, 0.717) is 36.2 Å². The number of amides is 2. The van der Waals surface area contributed by atoms with Crippen molar-refractivity contribution in [3.05, 3.63) is 107 Å². The van der Waals surface area contributed by atoms with Crippen molar-refractivity contribution in [2.75, 3.05) is 19.7 Å². The van der Waals surface area contributed by atoms with Crippen LogP contribution in [0.2, 0.25) is 0 Å². The molecule has 2 aliphatic heterocycles. The van der Waals surface area contributed by atoms with Gasteiger partial charge in [-0.05, 0) is 61.1 Å². The topological polar surface area (TPSA) is 82.9 Å². The van der Waals surface area contributed by atoms with Crippen LogP contribution in [0.5, 0.6) is 0 Å². The third-order valence-electron chi connectivity index (χ3n) is 9.07. The Bertz CT molecular complexity index is 1630. The van der Waals surface area contributed by atoms with E-state index in [1.165, 1.54) is 16.7 Å². The summed E-state index contributed by atoms with van der Waals surface area (Å²) in [4.78, 5) is 29.7. The van der Waals surface area contributed by atoms with E-state index in [0.717, 1.165) is 0 Å². The zero-order valence-electron chi connectivity index (χ0n) is 26.0. The number of carbonyl (C=O) groups is 2. The van der Waals surface area contributed by atoms with Crippen molar-refractivity contribution in [3.8, 4) is 6.07 Å². The first-order valence-corrected chi connectivity index (χ1v) is 15.4. The predicted molar refractivity (Wildman–Crippen MR) is 161 cm³/mol. The van der Waals surface area contributed by atoms with Gasteiger partial charge in [-0.1, -0.05) is 60.7 Å². The molecule has 13 heteroatoms. The molecule has 0 N–H and O–H groups in total. The SMILES string of the molecule is C[C@@H](OC[C@]1(c2ccccc2)CC[C@](C#N)(N2CCCC2=O)CN1C(=O)OCc1ccccc1)c1cc(C(F)(F)F)cc(C(F)(F)F)c1. The molecule has 0 aromatic heterocycles. The molecule has 0 radical (unpaired) electrons. The van der Waals surface area contributed by atoms with Gasteiger partial charge in [0.05, 0.1) is 42.0 Å². The van der Waals surface area contributed by atoms with Crippen LogP contribution in [0.1, 0.15) is 66.5 Å². The average Bonchev–Trinajstić information content (AvgIpc) is 3.52. The summed E-state index contributed by atoms with van der Waals surface area (Å²) in [5.74, 6) is -0.226. The summed E-state index contributed by atoms with van der Waals surface area (Å²) in [6.07, 6.45) is -11.2. The Morgan fingerprint density at radius 2 is 1.54 bits per heavy atom. The Balaban J connectivity index is 1.54. The number of hydrogen-bond acceptors (Lipinski definition) is 5. The molecule has 0 aliphatic carbocycles. The number of likely N-dealkylation sites (tertiary alicyclic amines) is 2. The summed E-state index contributed by atoms with van der Waals surface area (Å²) in [6, 6.07) is 21.0. The first-order valence-electron chi connectivity index (χ1n) is 15.4. The first kappa shape index (κ1) is 34.8. The molecule has 0 bridgehead atoms. The normalized spacial score (nSPS) is 22.3. The minimum Gasteiger partial charge on any atom is -0.445 e. The molecule has 2 heterocycles. The van der Waals surface area contributed by atoms with Gasteiger partial charge in [0.1, 0.15) is 12.1 Å². The lowest BCUT2D eigenvalue weighted by molar-refractivity contribution is -0.143. The molecule has 2 saturated heterocycles. The lowest BCUT2D eigenvalue weighted by Gasteiger charge is -2.53. The number of alkyl halides is 6. The van der Waals surface area contributed by atoms with Gasteiger partial charge in [0.15, 0.2) is 0 Å². The number of ether oxygens (including phenoxy) is 2. The predicted octanol–water partition coefficient (Wildman–Crippen LogP) is 8.01. The number of benzene rings is 3. The van der Waals surface area contributed by atoms with E-state index >= 15 is 0 Å². The number of hydrogen-bond donors (Lipinski definition) is 0. The van der Waals surface area contributed by atoms with Gasteiger partial charge >= 0.3 is 18.4 Å². The van der Waals surface area contributed by atoms with Crippen molar-refractivity contribution in [2.45, 2.75) is 68.7 Å². The summed E-state index contributed by atoms with van der Waals surface area (Å²) in [7, 11) is 0. The third-order valence-corrected chi connectivity index (χ3v) is 9.07. The lowest BCUT2D eigenvalue weighted by atomic mass is 9.74. The molecule has 7 nitrogen and oxygen atoms in total. The van der Waals surface area contributed by atoms with Gasteiger partial charge in [-0.25, -0.2) is 4.79 Å². The second-order valence-electron chi connectivity index (χ2n) is 12.1. The fourth-order valence-corrected chi connectivity index (χ4v) is 6.40. The number of halogens is 6. The highest BCUT2D eigenvalue weighted by molar-refractivity contribution is 5.80.